The number of fused-ring (bicyclic) bond motifs is 1. The van der Waals surface area contributed by atoms with E-state index in [0.717, 1.165) is 5.56 Å². The van der Waals surface area contributed by atoms with Crippen molar-refractivity contribution in [1.82, 2.24) is 5.32 Å². The highest BCUT2D eigenvalue weighted by Crippen LogP contribution is 2.33. The number of amides is 1. The normalized spacial score (nSPS) is 12.6. The second-order valence-corrected chi connectivity index (χ2v) is 5.43. The van der Waals surface area contributed by atoms with Gasteiger partial charge in [-0.25, -0.2) is 0 Å². The molecule has 0 saturated heterocycles. The maximum atomic E-state index is 11.8. The van der Waals surface area contributed by atoms with E-state index in [0.29, 0.717) is 42.0 Å². The molecular weight excluding hydrogens is 318 g/mol. The number of ether oxygens (including phenoxy) is 3. The summed E-state index contributed by atoms with van der Waals surface area (Å²) in [7, 11) is 0. The fourth-order valence-corrected chi connectivity index (χ4v) is 2.24. The molecule has 0 bridgehead atoms. The van der Waals surface area contributed by atoms with Gasteiger partial charge in [-0.15, -0.1) is 0 Å². The number of hydrogen-bond donors (Lipinski definition) is 1. The molecule has 1 heterocycles. The van der Waals surface area contributed by atoms with Crippen LogP contribution in [0.25, 0.3) is 0 Å². The van der Waals surface area contributed by atoms with Crippen LogP contribution in [-0.2, 0) is 11.3 Å². The minimum atomic E-state index is -0.199. The maximum Gasteiger partial charge on any atom is 0.258 e. The Morgan fingerprint density at radius 2 is 1.83 bits per heavy atom. The second kappa shape index (κ2) is 7.24. The van der Waals surface area contributed by atoms with Crippen molar-refractivity contribution in [1.29, 1.82) is 0 Å². The summed E-state index contributed by atoms with van der Waals surface area (Å²) in [6.07, 6.45) is 0. The predicted octanol–water partition coefficient (Wildman–Crippen LogP) is 2.81. The van der Waals surface area contributed by atoms with Gasteiger partial charge in [0, 0.05) is 17.6 Å². The van der Waals surface area contributed by atoms with Gasteiger partial charge in [0.2, 0.25) is 0 Å². The minimum Gasteiger partial charge on any atom is -0.486 e. The monoisotopic (exact) mass is 333 g/mol. The summed E-state index contributed by atoms with van der Waals surface area (Å²) in [5.74, 6) is 1.69. The van der Waals surface area contributed by atoms with Crippen LogP contribution in [-0.4, -0.2) is 25.7 Å². The Hall–Kier alpha value is -2.40. The highest BCUT2D eigenvalue weighted by Gasteiger charge is 2.12. The molecule has 0 aliphatic carbocycles. The van der Waals surface area contributed by atoms with Crippen LogP contribution in [0.2, 0.25) is 5.02 Å². The largest absolute Gasteiger partial charge is 0.486 e. The molecular formula is C17H16ClNO4. The lowest BCUT2D eigenvalue weighted by Crippen LogP contribution is -2.28. The van der Waals surface area contributed by atoms with Crippen molar-refractivity contribution in [3.05, 3.63) is 53.1 Å². The molecule has 1 aliphatic rings. The van der Waals surface area contributed by atoms with Crippen molar-refractivity contribution >= 4 is 17.5 Å². The van der Waals surface area contributed by atoms with Crippen LogP contribution in [0.4, 0.5) is 0 Å². The summed E-state index contributed by atoms with van der Waals surface area (Å²) in [5, 5.41) is 3.46. The first kappa shape index (κ1) is 15.5. The van der Waals surface area contributed by atoms with Crippen molar-refractivity contribution in [2.75, 3.05) is 19.8 Å². The van der Waals surface area contributed by atoms with Crippen LogP contribution < -0.4 is 19.5 Å². The third kappa shape index (κ3) is 4.29. The zero-order valence-corrected chi connectivity index (χ0v) is 13.1. The highest BCUT2D eigenvalue weighted by molar-refractivity contribution is 6.30. The van der Waals surface area contributed by atoms with Crippen LogP contribution in [0, 0.1) is 0 Å². The smallest absolute Gasteiger partial charge is 0.258 e. The predicted molar refractivity (Wildman–Crippen MR) is 86.2 cm³/mol. The first-order chi connectivity index (χ1) is 11.2. The average molecular weight is 334 g/mol. The zero-order valence-electron chi connectivity index (χ0n) is 12.4. The van der Waals surface area contributed by atoms with E-state index in [9.17, 15) is 4.79 Å². The number of rotatable bonds is 5. The highest BCUT2D eigenvalue weighted by atomic mass is 35.5. The third-order valence-electron chi connectivity index (χ3n) is 3.29. The van der Waals surface area contributed by atoms with Crippen LogP contribution >= 0.6 is 11.6 Å². The zero-order chi connectivity index (χ0) is 16.1. The molecule has 1 amide bonds. The number of carbonyl (C=O) groups is 1. The fraction of sp³-hybridized carbons (Fsp3) is 0.235. The van der Waals surface area contributed by atoms with Gasteiger partial charge in [-0.2, -0.15) is 0 Å². The summed E-state index contributed by atoms with van der Waals surface area (Å²) in [6, 6.07) is 12.6. The Bertz CT molecular complexity index is 687. The lowest BCUT2D eigenvalue weighted by Gasteiger charge is -2.18. The topological polar surface area (TPSA) is 56.8 Å². The summed E-state index contributed by atoms with van der Waals surface area (Å²) in [5.41, 5.74) is 0.974. The van der Waals surface area contributed by atoms with Gasteiger partial charge in [0.05, 0.1) is 0 Å². The van der Waals surface area contributed by atoms with E-state index in [4.69, 9.17) is 25.8 Å². The number of nitrogens with one attached hydrogen (secondary N) is 1. The van der Waals surface area contributed by atoms with Gasteiger partial charge >= 0.3 is 0 Å². The van der Waals surface area contributed by atoms with Gasteiger partial charge < -0.3 is 19.5 Å². The first-order valence-electron chi connectivity index (χ1n) is 7.24. The molecule has 0 atom stereocenters. The van der Waals surface area contributed by atoms with E-state index in [1.807, 2.05) is 12.1 Å². The quantitative estimate of drug-likeness (QED) is 0.914. The van der Waals surface area contributed by atoms with Crippen LogP contribution in [0.3, 0.4) is 0 Å². The molecule has 120 valence electrons. The molecule has 5 nitrogen and oxygen atoms in total. The van der Waals surface area contributed by atoms with Gasteiger partial charge in [-0.3, -0.25) is 4.79 Å². The number of benzene rings is 2. The number of hydrogen-bond acceptors (Lipinski definition) is 4. The average Bonchev–Trinajstić information content (AvgIpc) is 2.59. The van der Waals surface area contributed by atoms with Crippen molar-refractivity contribution in [2.24, 2.45) is 0 Å². The number of halogens is 1. The lowest BCUT2D eigenvalue weighted by atomic mass is 10.2. The molecule has 1 N–H and O–H groups in total. The molecule has 0 spiro atoms. The van der Waals surface area contributed by atoms with Crippen molar-refractivity contribution < 1.29 is 19.0 Å². The molecule has 6 heteroatoms. The van der Waals surface area contributed by atoms with Crippen molar-refractivity contribution in [3.8, 4) is 17.2 Å². The molecule has 0 unspecified atom stereocenters. The van der Waals surface area contributed by atoms with Gasteiger partial charge in [-0.05, 0) is 29.8 Å². The van der Waals surface area contributed by atoms with Crippen LogP contribution in [0.5, 0.6) is 17.2 Å². The summed E-state index contributed by atoms with van der Waals surface area (Å²) < 4.78 is 16.4. The Labute approximate surface area is 139 Å². The Morgan fingerprint density at radius 1 is 1.09 bits per heavy atom. The Balaban J connectivity index is 1.48. The van der Waals surface area contributed by atoms with E-state index in [1.165, 1.54) is 0 Å². The van der Waals surface area contributed by atoms with Crippen molar-refractivity contribution in [2.45, 2.75) is 6.54 Å². The van der Waals surface area contributed by atoms with E-state index in [1.54, 1.807) is 30.3 Å². The van der Waals surface area contributed by atoms with E-state index < -0.39 is 0 Å². The third-order valence-corrected chi connectivity index (χ3v) is 3.54. The van der Waals surface area contributed by atoms with Crippen LogP contribution in [0.15, 0.2) is 42.5 Å². The molecule has 0 aromatic heterocycles. The van der Waals surface area contributed by atoms with Gasteiger partial charge in [0.25, 0.3) is 5.91 Å². The Morgan fingerprint density at radius 3 is 2.61 bits per heavy atom. The maximum absolute atomic E-state index is 11.8. The molecule has 0 saturated carbocycles. The van der Waals surface area contributed by atoms with E-state index in [-0.39, 0.29) is 12.5 Å². The van der Waals surface area contributed by atoms with Crippen LogP contribution in [0.1, 0.15) is 5.56 Å². The first-order valence-corrected chi connectivity index (χ1v) is 7.62. The van der Waals surface area contributed by atoms with E-state index >= 15 is 0 Å². The fourth-order valence-electron chi connectivity index (χ4n) is 2.12. The van der Waals surface area contributed by atoms with Gasteiger partial charge in [-0.1, -0.05) is 23.7 Å². The molecule has 2 aromatic rings. The summed E-state index contributed by atoms with van der Waals surface area (Å²) in [6.45, 7) is 1.42. The summed E-state index contributed by atoms with van der Waals surface area (Å²) in [4.78, 5) is 11.8. The van der Waals surface area contributed by atoms with E-state index in [2.05, 4.69) is 5.32 Å². The lowest BCUT2D eigenvalue weighted by molar-refractivity contribution is -0.123. The van der Waals surface area contributed by atoms with Crippen molar-refractivity contribution in [3.63, 3.8) is 0 Å². The molecule has 1 aliphatic heterocycles. The molecule has 23 heavy (non-hydrogen) atoms. The number of carbonyl (C=O) groups excluding carboxylic acids is 1. The standard InChI is InChI=1S/C17H16ClNO4/c18-13-3-1-12(2-4-13)10-19-17(20)11-23-14-5-6-15-16(9-14)22-8-7-21-15/h1-6,9H,7-8,10-11H2,(H,19,20). The molecule has 0 radical (unpaired) electrons. The van der Waals surface area contributed by atoms with Gasteiger partial charge in [0.15, 0.2) is 18.1 Å². The minimum absolute atomic E-state index is 0.0623. The second-order valence-electron chi connectivity index (χ2n) is 5.00. The molecule has 3 rings (SSSR count). The summed E-state index contributed by atoms with van der Waals surface area (Å²) >= 11 is 5.82. The molecule has 0 fully saturated rings. The van der Waals surface area contributed by atoms with Gasteiger partial charge in [0.1, 0.15) is 19.0 Å². The molecule has 2 aromatic carbocycles. The SMILES string of the molecule is O=C(COc1ccc2c(c1)OCCO2)NCc1ccc(Cl)cc1. The Kier molecular flexibility index (Phi) is 4.88.